The van der Waals surface area contributed by atoms with Gasteiger partial charge in [0.15, 0.2) is 0 Å². The lowest BCUT2D eigenvalue weighted by Gasteiger charge is -2.15. The molecule has 0 spiro atoms. The molecule has 104 valence electrons. The van der Waals surface area contributed by atoms with Crippen LogP contribution in [0.5, 0.6) is 0 Å². The number of hydrogen-bond acceptors (Lipinski definition) is 4. The van der Waals surface area contributed by atoms with Gasteiger partial charge in [-0.1, -0.05) is 31.0 Å². The van der Waals surface area contributed by atoms with E-state index in [9.17, 15) is 13.2 Å². The lowest BCUT2D eigenvalue weighted by Crippen LogP contribution is -2.45. The molecular weight excluding hydrogens is 264 g/mol. The van der Waals surface area contributed by atoms with Crippen LogP contribution in [0.2, 0.25) is 0 Å². The van der Waals surface area contributed by atoms with Crippen LogP contribution in [-0.4, -0.2) is 26.9 Å². The summed E-state index contributed by atoms with van der Waals surface area (Å²) in [6, 6.07) is 7.51. The molecule has 1 unspecified atom stereocenters. The molecule has 1 saturated heterocycles. The van der Waals surface area contributed by atoms with E-state index >= 15 is 0 Å². The van der Waals surface area contributed by atoms with Crippen molar-refractivity contribution < 1.29 is 13.2 Å². The Bertz CT molecular complexity index is 520. The Balaban J connectivity index is 2.05. The van der Waals surface area contributed by atoms with Crippen molar-refractivity contribution in [3.63, 3.8) is 0 Å². The Morgan fingerprint density at radius 2 is 1.89 bits per heavy atom. The molecule has 1 amide bonds. The van der Waals surface area contributed by atoms with Crippen LogP contribution in [0.25, 0.3) is 0 Å². The predicted molar refractivity (Wildman–Crippen MR) is 72.0 cm³/mol. The summed E-state index contributed by atoms with van der Waals surface area (Å²) in [6.45, 7) is 0.753. The Kier molecular flexibility index (Phi) is 4.55. The van der Waals surface area contributed by atoms with Gasteiger partial charge >= 0.3 is 0 Å². The van der Waals surface area contributed by atoms with Crippen LogP contribution in [0.3, 0.4) is 0 Å². The maximum atomic E-state index is 12.0. The summed E-state index contributed by atoms with van der Waals surface area (Å²) in [5.74, 6) is -0.467. The third-order valence-electron chi connectivity index (χ3n) is 3.17. The van der Waals surface area contributed by atoms with Gasteiger partial charge in [0.1, 0.15) is 0 Å². The molecule has 1 aliphatic rings. The van der Waals surface area contributed by atoms with Gasteiger partial charge in [0.05, 0.1) is 10.9 Å². The van der Waals surface area contributed by atoms with E-state index in [1.54, 1.807) is 18.2 Å². The molecule has 2 N–H and O–H groups in total. The molecule has 0 aromatic heterocycles. The summed E-state index contributed by atoms with van der Waals surface area (Å²) in [6.07, 6.45) is 3.71. The van der Waals surface area contributed by atoms with Crippen LogP contribution in [0.15, 0.2) is 35.2 Å². The van der Waals surface area contributed by atoms with Gasteiger partial charge in [0, 0.05) is 0 Å². The van der Waals surface area contributed by atoms with E-state index in [0.29, 0.717) is 6.42 Å². The number of benzene rings is 1. The lowest BCUT2D eigenvalue weighted by molar-refractivity contribution is -0.121. The Hall–Kier alpha value is -1.40. The smallest absolute Gasteiger partial charge is 0.264 e. The molecular formula is C13H18N2O3S. The minimum atomic E-state index is -3.76. The molecule has 0 bridgehead atoms. The Morgan fingerprint density at radius 1 is 1.16 bits per heavy atom. The fraction of sp³-hybridized carbons (Fsp3) is 0.462. The van der Waals surface area contributed by atoms with Crippen molar-refractivity contribution in [2.24, 2.45) is 0 Å². The molecule has 6 heteroatoms. The molecule has 5 nitrogen and oxygen atoms in total. The monoisotopic (exact) mass is 282 g/mol. The highest BCUT2D eigenvalue weighted by Gasteiger charge is 2.24. The van der Waals surface area contributed by atoms with Gasteiger partial charge in [0.25, 0.3) is 15.9 Å². The highest BCUT2D eigenvalue weighted by molar-refractivity contribution is 7.90. The van der Waals surface area contributed by atoms with E-state index in [1.807, 2.05) is 0 Å². The van der Waals surface area contributed by atoms with Gasteiger partial charge in [-0.2, -0.15) is 0 Å². The zero-order valence-corrected chi connectivity index (χ0v) is 11.4. The zero-order valence-electron chi connectivity index (χ0n) is 10.6. The standard InChI is InChI=1S/C13H18N2O3S/c16-13(12-9-5-2-6-10-14-12)15-19(17,18)11-7-3-1-4-8-11/h1,3-4,7-8,12,14H,2,5-6,9-10H2,(H,15,16). The molecule has 19 heavy (non-hydrogen) atoms. The van der Waals surface area contributed by atoms with Crippen LogP contribution >= 0.6 is 0 Å². The maximum absolute atomic E-state index is 12.0. The lowest BCUT2D eigenvalue weighted by atomic mass is 10.1. The molecule has 1 heterocycles. The number of sulfonamides is 1. The summed E-state index contributed by atoms with van der Waals surface area (Å²) in [4.78, 5) is 12.1. The molecule has 1 fully saturated rings. The Morgan fingerprint density at radius 3 is 2.63 bits per heavy atom. The highest BCUT2D eigenvalue weighted by Crippen LogP contribution is 2.11. The highest BCUT2D eigenvalue weighted by atomic mass is 32.2. The second-order valence-electron chi connectivity index (χ2n) is 4.64. The number of amides is 1. The first-order valence-electron chi connectivity index (χ1n) is 6.45. The topological polar surface area (TPSA) is 75.3 Å². The van der Waals surface area contributed by atoms with Crippen molar-refractivity contribution in [3.8, 4) is 0 Å². The average molecular weight is 282 g/mol. The van der Waals surface area contributed by atoms with Crippen LogP contribution in [-0.2, 0) is 14.8 Å². The fourth-order valence-electron chi connectivity index (χ4n) is 2.11. The number of nitrogens with one attached hydrogen (secondary N) is 2. The second kappa shape index (κ2) is 6.16. The molecule has 0 saturated carbocycles. The number of carbonyl (C=O) groups is 1. The quantitative estimate of drug-likeness (QED) is 0.868. The van der Waals surface area contributed by atoms with E-state index in [1.165, 1.54) is 12.1 Å². The van der Waals surface area contributed by atoms with E-state index in [2.05, 4.69) is 10.0 Å². The van der Waals surface area contributed by atoms with Gasteiger partial charge in [-0.3, -0.25) is 4.79 Å². The van der Waals surface area contributed by atoms with Crippen molar-refractivity contribution in [1.82, 2.24) is 10.0 Å². The summed E-state index contributed by atoms with van der Waals surface area (Å²) in [5.41, 5.74) is 0. The first-order valence-corrected chi connectivity index (χ1v) is 7.93. The number of rotatable bonds is 3. The third-order valence-corrected chi connectivity index (χ3v) is 4.53. The largest absolute Gasteiger partial charge is 0.306 e. The minimum Gasteiger partial charge on any atom is -0.306 e. The fourth-order valence-corrected chi connectivity index (χ4v) is 3.15. The first kappa shape index (κ1) is 14.0. The SMILES string of the molecule is O=C(NS(=O)(=O)c1ccccc1)C1CCCCCN1. The summed E-state index contributed by atoms with van der Waals surface area (Å²) < 4.78 is 26.2. The summed E-state index contributed by atoms with van der Waals surface area (Å²) in [5, 5.41) is 3.08. The zero-order chi connectivity index (χ0) is 13.7. The summed E-state index contributed by atoms with van der Waals surface area (Å²) >= 11 is 0. The average Bonchev–Trinajstić information content (AvgIpc) is 2.68. The Labute approximate surface area is 113 Å². The van der Waals surface area contributed by atoms with Crippen molar-refractivity contribution in [3.05, 3.63) is 30.3 Å². The molecule has 2 rings (SSSR count). The second-order valence-corrected chi connectivity index (χ2v) is 6.32. The van der Waals surface area contributed by atoms with E-state index in [-0.39, 0.29) is 4.90 Å². The molecule has 1 atom stereocenters. The van der Waals surface area contributed by atoms with Gasteiger partial charge < -0.3 is 5.32 Å². The van der Waals surface area contributed by atoms with Crippen molar-refractivity contribution in [2.75, 3.05) is 6.54 Å². The van der Waals surface area contributed by atoms with Crippen LogP contribution in [0, 0.1) is 0 Å². The van der Waals surface area contributed by atoms with Crippen LogP contribution in [0.1, 0.15) is 25.7 Å². The molecule has 0 radical (unpaired) electrons. The predicted octanol–water partition coefficient (Wildman–Crippen LogP) is 1.02. The van der Waals surface area contributed by atoms with Gasteiger partial charge in [0.2, 0.25) is 0 Å². The molecule has 1 aliphatic heterocycles. The normalized spacial score (nSPS) is 20.5. The van der Waals surface area contributed by atoms with Crippen LogP contribution < -0.4 is 10.0 Å². The maximum Gasteiger partial charge on any atom is 0.264 e. The van der Waals surface area contributed by atoms with E-state index < -0.39 is 22.0 Å². The van der Waals surface area contributed by atoms with E-state index in [0.717, 1.165) is 25.8 Å². The third kappa shape index (κ3) is 3.78. The van der Waals surface area contributed by atoms with Crippen molar-refractivity contribution >= 4 is 15.9 Å². The molecule has 1 aromatic carbocycles. The number of carbonyl (C=O) groups excluding carboxylic acids is 1. The molecule has 1 aromatic rings. The van der Waals surface area contributed by atoms with Gasteiger partial charge in [-0.05, 0) is 31.5 Å². The van der Waals surface area contributed by atoms with Gasteiger partial charge in [-0.15, -0.1) is 0 Å². The van der Waals surface area contributed by atoms with Crippen molar-refractivity contribution in [1.29, 1.82) is 0 Å². The van der Waals surface area contributed by atoms with E-state index in [4.69, 9.17) is 0 Å². The first-order chi connectivity index (χ1) is 9.09. The summed E-state index contributed by atoms with van der Waals surface area (Å²) in [7, 11) is -3.76. The van der Waals surface area contributed by atoms with Gasteiger partial charge in [-0.25, -0.2) is 13.1 Å². The molecule has 0 aliphatic carbocycles. The van der Waals surface area contributed by atoms with Crippen molar-refractivity contribution in [2.45, 2.75) is 36.6 Å². The van der Waals surface area contributed by atoms with Crippen LogP contribution in [0.4, 0.5) is 0 Å². The minimum absolute atomic E-state index is 0.108. The number of hydrogen-bond donors (Lipinski definition) is 2.